The predicted octanol–water partition coefficient (Wildman–Crippen LogP) is 2.59. The molecule has 0 atom stereocenters. The third kappa shape index (κ3) is 3.01. The minimum atomic E-state index is -0.416. The number of carbonyl (C=O) groups is 1. The van der Waals surface area contributed by atoms with Gasteiger partial charge in [-0.3, -0.25) is 9.48 Å². The first-order valence-electron chi connectivity index (χ1n) is 5.66. The summed E-state index contributed by atoms with van der Waals surface area (Å²) in [6, 6.07) is 5.67. The molecule has 6 heteroatoms. The van der Waals surface area contributed by atoms with Crippen molar-refractivity contribution in [2.24, 2.45) is 7.05 Å². The van der Waals surface area contributed by atoms with Crippen molar-refractivity contribution in [3.8, 4) is 0 Å². The zero-order valence-electron chi connectivity index (χ0n) is 10.6. The molecule has 0 saturated carbocycles. The highest BCUT2D eigenvalue weighted by molar-refractivity contribution is 9.10. The fraction of sp³-hybridized carbons (Fsp3) is 0.231. The van der Waals surface area contributed by atoms with Gasteiger partial charge in [0, 0.05) is 19.7 Å². The smallest absolute Gasteiger partial charge is 0.254 e. The maximum atomic E-state index is 13.1. The lowest BCUT2D eigenvalue weighted by Crippen LogP contribution is -2.27. The topological polar surface area (TPSA) is 38.1 Å². The molecule has 2 rings (SSSR count). The molecule has 0 fully saturated rings. The van der Waals surface area contributed by atoms with Crippen LogP contribution in [-0.4, -0.2) is 27.6 Å². The van der Waals surface area contributed by atoms with Crippen molar-refractivity contribution in [2.75, 3.05) is 7.05 Å². The number of rotatable bonds is 3. The van der Waals surface area contributed by atoms with Gasteiger partial charge in [-0.2, -0.15) is 5.10 Å². The molecule has 1 heterocycles. The Bertz CT molecular complexity index is 592. The van der Waals surface area contributed by atoms with E-state index in [1.54, 1.807) is 31.0 Å². The molecule has 0 saturated heterocycles. The van der Waals surface area contributed by atoms with E-state index in [1.807, 2.05) is 0 Å². The average molecular weight is 326 g/mol. The summed E-state index contributed by atoms with van der Waals surface area (Å²) in [5, 5.41) is 4.09. The minimum Gasteiger partial charge on any atom is -0.336 e. The van der Waals surface area contributed by atoms with Gasteiger partial charge >= 0.3 is 0 Å². The second-order valence-corrected chi connectivity index (χ2v) is 5.09. The van der Waals surface area contributed by atoms with Gasteiger partial charge in [-0.25, -0.2) is 4.39 Å². The summed E-state index contributed by atoms with van der Waals surface area (Å²) in [6.45, 7) is 0.395. The first-order valence-corrected chi connectivity index (χ1v) is 6.45. The van der Waals surface area contributed by atoms with E-state index >= 15 is 0 Å². The van der Waals surface area contributed by atoms with Crippen LogP contribution in [-0.2, 0) is 13.6 Å². The Balaban J connectivity index is 2.16. The number of benzene rings is 1. The molecule has 19 heavy (non-hydrogen) atoms. The minimum absolute atomic E-state index is 0.229. The zero-order valence-corrected chi connectivity index (χ0v) is 12.2. The van der Waals surface area contributed by atoms with E-state index in [-0.39, 0.29) is 5.91 Å². The molecule has 2 aromatic rings. The van der Waals surface area contributed by atoms with E-state index in [1.165, 1.54) is 23.1 Å². The number of halogens is 2. The van der Waals surface area contributed by atoms with E-state index in [4.69, 9.17) is 0 Å². The molecule has 0 unspecified atom stereocenters. The Kier molecular flexibility index (Phi) is 3.99. The second kappa shape index (κ2) is 5.52. The molecule has 100 valence electrons. The second-order valence-electron chi connectivity index (χ2n) is 4.23. The first kappa shape index (κ1) is 13.7. The average Bonchev–Trinajstić information content (AvgIpc) is 2.69. The van der Waals surface area contributed by atoms with Crippen molar-refractivity contribution >= 4 is 21.8 Å². The lowest BCUT2D eigenvalue weighted by molar-refractivity contribution is 0.0781. The summed E-state index contributed by atoms with van der Waals surface area (Å²) >= 11 is 3.38. The number of aromatic nitrogens is 2. The van der Waals surface area contributed by atoms with Gasteiger partial charge in [-0.15, -0.1) is 0 Å². The van der Waals surface area contributed by atoms with Crippen LogP contribution in [0.5, 0.6) is 0 Å². The van der Waals surface area contributed by atoms with Gasteiger partial charge in [0.1, 0.15) is 5.82 Å². The van der Waals surface area contributed by atoms with Crippen LogP contribution >= 0.6 is 15.9 Å². The van der Waals surface area contributed by atoms with Crippen LogP contribution in [0.1, 0.15) is 16.1 Å². The van der Waals surface area contributed by atoms with Gasteiger partial charge in [-0.1, -0.05) is 6.07 Å². The highest BCUT2D eigenvalue weighted by atomic mass is 79.9. The monoisotopic (exact) mass is 325 g/mol. The molecule has 0 radical (unpaired) electrons. The Morgan fingerprint density at radius 2 is 2.26 bits per heavy atom. The maximum Gasteiger partial charge on any atom is 0.254 e. The lowest BCUT2D eigenvalue weighted by atomic mass is 10.2. The largest absolute Gasteiger partial charge is 0.336 e. The van der Waals surface area contributed by atoms with Crippen molar-refractivity contribution in [3.05, 3.63) is 52.0 Å². The Morgan fingerprint density at radius 3 is 2.84 bits per heavy atom. The van der Waals surface area contributed by atoms with Crippen LogP contribution in [0.15, 0.2) is 34.9 Å². The van der Waals surface area contributed by atoms with Gasteiger partial charge in [0.25, 0.3) is 5.91 Å². The number of amides is 1. The van der Waals surface area contributed by atoms with Gasteiger partial charge in [0.2, 0.25) is 0 Å². The highest BCUT2D eigenvalue weighted by Gasteiger charge is 2.15. The fourth-order valence-corrected chi connectivity index (χ4v) is 2.23. The summed E-state index contributed by atoms with van der Waals surface area (Å²) in [6.07, 6.45) is 1.68. The van der Waals surface area contributed by atoms with Gasteiger partial charge in [-0.05, 0) is 34.1 Å². The number of hydrogen-bond acceptors (Lipinski definition) is 2. The van der Waals surface area contributed by atoms with Gasteiger partial charge in [0.05, 0.1) is 22.9 Å². The molecule has 0 aliphatic carbocycles. The van der Waals surface area contributed by atoms with E-state index in [9.17, 15) is 9.18 Å². The van der Waals surface area contributed by atoms with Crippen LogP contribution in [0, 0.1) is 5.82 Å². The highest BCUT2D eigenvalue weighted by Crippen LogP contribution is 2.17. The molecule has 1 aromatic heterocycles. The Labute approximate surface area is 119 Å². The normalized spacial score (nSPS) is 10.5. The maximum absolute atomic E-state index is 13.1. The summed E-state index contributed by atoms with van der Waals surface area (Å²) < 4.78 is 15.6. The molecule has 4 nitrogen and oxygen atoms in total. The number of aryl methyl sites for hydroxylation is 1. The predicted molar refractivity (Wildman–Crippen MR) is 73.1 cm³/mol. The van der Waals surface area contributed by atoms with Crippen molar-refractivity contribution in [1.82, 2.24) is 14.7 Å². The molecule has 0 aliphatic rings. The molecule has 0 spiro atoms. The quantitative estimate of drug-likeness (QED) is 0.870. The molecular formula is C13H13BrFN3O. The molecule has 0 N–H and O–H groups in total. The SMILES string of the molecule is CN(Cc1c(Br)cnn1C)C(=O)c1cccc(F)c1. The van der Waals surface area contributed by atoms with Crippen LogP contribution in [0.4, 0.5) is 4.39 Å². The number of hydrogen-bond donors (Lipinski definition) is 0. The zero-order chi connectivity index (χ0) is 14.0. The van der Waals surface area contributed by atoms with Crippen molar-refractivity contribution in [2.45, 2.75) is 6.54 Å². The van der Waals surface area contributed by atoms with Crippen LogP contribution in [0.2, 0.25) is 0 Å². The number of nitrogens with zero attached hydrogens (tertiary/aromatic N) is 3. The van der Waals surface area contributed by atoms with Gasteiger partial charge < -0.3 is 4.90 Å². The standard InChI is InChI=1S/C13H13BrFN3O/c1-17(8-12-11(14)7-16-18(12)2)13(19)9-4-3-5-10(15)6-9/h3-7H,8H2,1-2H3. The van der Waals surface area contributed by atoms with E-state index < -0.39 is 5.82 Å². The molecule has 0 aliphatic heterocycles. The lowest BCUT2D eigenvalue weighted by Gasteiger charge is -2.17. The van der Waals surface area contributed by atoms with Crippen LogP contribution in [0.3, 0.4) is 0 Å². The van der Waals surface area contributed by atoms with Crippen LogP contribution < -0.4 is 0 Å². The number of carbonyl (C=O) groups excluding carboxylic acids is 1. The van der Waals surface area contributed by atoms with Crippen LogP contribution in [0.25, 0.3) is 0 Å². The Hall–Kier alpha value is -1.69. The molecule has 1 aromatic carbocycles. The first-order chi connectivity index (χ1) is 8.99. The molecule has 0 bridgehead atoms. The Morgan fingerprint density at radius 1 is 1.53 bits per heavy atom. The molecule has 1 amide bonds. The summed E-state index contributed by atoms with van der Waals surface area (Å²) in [4.78, 5) is 13.7. The van der Waals surface area contributed by atoms with E-state index in [2.05, 4.69) is 21.0 Å². The van der Waals surface area contributed by atoms with E-state index in [0.29, 0.717) is 12.1 Å². The van der Waals surface area contributed by atoms with Gasteiger partial charge in [0.15, 0.2) is 0 Å². The third-order valence-corrected chi connectivity index (χ3v) is 3.48. The summed E-state index contributed by atoms with van der Waals surface area (Å²) in [7, 11) is 3.48. The fourth-order valence-electron chi connectivity index (χ4n) is 1.75. The molecular weight excluding hydrogens is 313 g/mol. The van der Waals surface area contributed by atoms with Crippen molar-refractivity contribution in [1.29, 1.82) is 0 Å². The summed E-state index contributed by atoms with van der Waals surface area (Å²) in [5.74, 6) is -0.645. The van der Waals surface area contributed by atoms with Crippen molar-refractivity contribution < 1.29 is 9.18 Å². The summed E-state index contributed by atoms with van der Waals surface area (Å²) in [5.41, 5.74) is 1.22. The van der Waals surface area contributed by atoms with Crippen molar-refractivity contribution in [3.63, 3.8) is 0 Å². The van der Waals surface area contributed by atoms with E-state index in [0.717, 1.165) is 10.2 Å². The third-order valence-electron chi connectivity index (χ3n) is 2.82.